The van der Waals surface area contributed by atoms with Crippen LogP contribution in [0.3, 0.4) is 0 Å². The van der Waals surface area contributed by atoms with E-state index in [1.54, 1.807) is 53.7 Å². The van der Waals surface area contributed by atoms with Crippen molar-refractivity contribution in [2.45, 2.75) is 26.2 Å². The fourth-order valence-electron chi connectivity index (χ4n) is 7.57. The van der Waals surface area contributed by atoms with Gasteiger partial charge in [-0.05, 0) is 104 Å². The SMILES string of the molecule is Cc1cnc(N2CC3(CCOCC3)C2)c(C(=O)Nc2ccc(C(=O)N3CCc4cc(C(=O)c5nc6ncccc6[nH]5)sc4-c4ccc(F)cc43)cc2)c1. The van der Waals surface area contributed by atoms with Crippen LogP contribution >= 0.6 is 11.3 Å². The van der Waals surface area contributed by atoms with Crippen molar-refractivity contribution in [3.8, 4) is 10.4 Å². The summed E-state index contributed by atoms with van der Waals surface area (Å²) in [5.74, 6) is -0.454. The average molecular weight is 728 g/mol. The quantitative estimate of drug-likeness (QED) is 0.179. The molecule has 0 aliphatic carbocycles. The van der Waals surface area contributed by atoms with Crippen LogP contribution in [-0.2, 0) is 11.2 Å². The first-order valence-electron chi connectivity index (χ1n) is 17.5. The fraction of sp³-hybridized carbons (Fsp3) is 0.250. The Morgan fingerprint density at radius 3 is 2.60 bits per heavy atom. The topological polar surface area (TPSA) is 133 Å². The van der Waals surface area contributed by atoms with Crippen LogP contribution in [0.2, 0.25) is 0 Å². The van der Waals surface area contributed by atoms with E-state index in [9.17, 15) is 18.8 Å². The van der Waals surface area contributed by atoms with Gasteiger partial charge < -0.3 is 24.8 Å². The van der Waals surface area contributed by atoms with E-state index in [0.717, 1.165) is 55.1 Å². The number of aryl methyl sites for hydroxylation is 1. The van der Waals surface area contributed by atoms with Gasteiger partial charge in [-0.2, -0.15) is 0 Å². The molecule has 2 N–H and O–H groups in total. The Morgan fingerprint density at radius 2 is 1.81 bits per heavy atom. The molecule has 2 saturated heterocycles. The van der Waals surface area contributed by atoms with Crippen molar-refractivity contribution in [1.29, 1.82) is 0 Å². The van der Waals surface area contributed by atoms with Crippen LogP contribution in [-0.4, -0.2) is 70.4 Å². The van der Waals surface area contributed by atoms with E-state index in [-0.39, 0.29) is 35.4 Å². The smallest absolute Gasteiger partial charge is 0.259 e. The van der Waals surface area contributed by atoms with Crippen molar-refractivity contribution in [3.63, 3.8) is 0 Å². The lowest BCUT2D eigenvalue weighted by atomic mass is 9.73. The molecule has 2 aromatic carbocycles. The molecule has 7 heterocycles. The number of fused-ring (bicyclic) bond motifs is 4. The van der Waals surface area contributed by atoms with Crippen molar-refractivity contribution < 1.29 is 23.5 Å². The zero-order chi connectivity index (χ0) is 36.3. The largest absolute Gasteiger partial charge is 0.381 e. The van der Waals surface area contributed by atoms with Crippen LogP contribution in [0.4, 0.5) is 21.6 Å². The van der Waals surface area contributed by atoms with Crippen molar-refractivity contribution >= 4 is 57.3 Å². The normalized spacial score (nSPS) is 16.1. The number of ketones is 1. The number of carbonyl (C=O) groups excluding carboxylic acids is 3. The number of thiophene rings is 1. The van der Waals surface area contributed by atoms with Crippen LogP contribution < -0.4 is 15.1 Å². The first-order valence-corrected chi connectivity index (χ1v) is 18.4. The second kappa shape index (κ2) is 13.0. The lowest BCUT2D eigenvalue weighted by Gasteiger charge is -2.53. The third-order valence-electron chi connectivity index (χ3n) is 10.4. The molecule has 0 atom stereocenters. The summed E-state index contributed by atoms with van der Waals surface area (Å²) in [5, 5.41) is 2.98. The number of hydrogen-bond donors (Lipinski definition) is 2. The molecule has 6 aromatic rings. The highest BCUT2D eigenvalue weighted by Crippen LogP contribution is 2.44. The summed E-state index contributed by atoms with van der Waals surface area (Å²) in [6.07, 6.45) is 5.89. The number of nitrogens with zero attached hydrogens (tertiary/aromatic N) is 5. The van der Waals surface area contributed by atoms with Crippen LogP contribution in [0.25, 0.3) is 21.6 Å². The van der Waals surface area contributed by atoms with Crippen molar-refractivity contribution in [2.75, 3.05) is 48.0 Å². The van der Waals surface area contributed by atoms with Crippen molar-refractivity contribution in [1.82, 2.24) is 19.9 Å². The van der Waals surface area contributed by atoms with Crippen LogP contribution in [0.15, 0.2) is 79.1 Å². The Balaban J connectivity index is 0.932. The molecule has 2 fully saturated rings. The number of carbonyl (C=O) groups is 3. The van der Waals surface area contributed by atoms with Gasteiger partial charge in [0.25, 0.3) is 11.8 Å². The van der Waals surface area contributed by atoms with Crippen LogP contribution in [0.5, 0.6) is 0 Å². The zero-order valence-corrected chi connectivity index (χ0v) is 29.6. The molecule has 9 rings (SSSR count). The maximum atomic E-state index is 14.8. The number of aromatic nitrogens is 4. The number of anilines is 3. The number of nitrogens with one attached hydrogen (secondary N) is 2. The highest BCUT2D eigenvalue weighted by Gasteiger charge is 2.45. The first kappa shape index (κ1) is 33.1. The van der Waals surface area contributed by atoms with Crippen LogP contribution in [0, 0.1) is 18.2 Å². The van der Waals surface area contributed by atoms with Crippen molar-refractivity contribution in [3.05, 3.63) is 118 Å². The maximum absolute atomic E-state index is 14.8. The van der Waals surface area contributed by atoms with Gasteiger partial charge in [-0.15, -0.1) is 11.3 Å². The molecule has 0 bridgehead atoms. The minimum atomic E-state index is -0.475. The minimum absolute atomic E-state index is 0.196. The summed E-state index contributed by atoms with van der Waals surface area (Å²) >= 11 is 1.30. The van der Waals surface area contributed by atoms with Crippen molar-refractivity contribution in [2.24, 2.45) is 5.41 Å². The Hall–Kier alpha value is -5.79. The number of benzene rings is 2. The Kier molecular flexibility index (Phi) is 8.12. The van der Waals surface area contributed by atoms with Gasteiger partial charge >= 0.3 is 0 Å². The zero-order valence-electron chi connectivity index (χ0n) is 28.8. The monoisotopic (exact) mass is 727 g/mol. The van der Waals surface area contributed by atoms with Gasteiger partial charge in [-0.3, -0.25) is 14.4 Å². The number of H-pyrrole nitrogens is 1. The number of hydrogen-bond acceptors (Lipinski definition) is 9. The molecule has 0 saturated carbocycles. The third-order valence-corrected chi connectivity index (χ3v) is 11.6. The predicted octanol–water partition coefficient (Wildman–Crippen LogP) is 6.83. The van der Waals surface area contributed by atoms with E-state index in [1.807, 2.05) is 25.1 Å². The van der Waals surface area contributed by atoms with Gasteiger partial charge in [0.15, 0.2) is 11.5 Å². The Morgan fingerprint density at radius 1 is 1.00 bits per heavy atom. The summed E-state index contributed by atoms with van der Waals surface area (Å²) in [4.78, 5) is 62.4. The summed E-state index contributed by atoms with van der Waals surface area (Å²) in [5.41, 5.74) is 5.64. The highest BCUT2D eigenvalue weighted by atomic mass is 32.1. The summed E-state index contributed by atoms with van der Waals surface area (Å²) < 4.78 is 20.3. The lowest BCUT2D eigenvalue weighted by Crippen LogP contribution is -2.59. The fourth-order valence-corrected chi connectivity index (χ4v) is 8.76. The lowest BCUT2D eigenvalue weighted by molar-refractivity contribution is -0.000511. The number of halogens is 1. The van der Waals surface area contributed by atoms with Gasteiger partial charge in [0.2, 0.25) is 5.78 Å². The highest BCUT2D eigenvalue weighted by molar-refractivity contribution is 7.17. The number of rotatable bonds is 6. The summed E-state index contributed by atoms with van der Waals surface area (Å²) in [6.45, 7) is 5.41. The number of aromatic amines is 1. The molecule has 13 heteroatoms. The molecule has 4 aromatic heterocycles. The molecule has 11 nitrogen and oxygen atoms in total. The first-order chi connectivity index (χ1) is 25.7. The molecule has 2 amide bonds. The molecular weight excluding hydrogens is 694 g/mol. The van der Waals surface area contributed by atoms with E-state index in [0.29, 0.717) is 56.3 Å². The summed E-state index contributed by atoms with van der Waals surface area (Å²) in [6, 6.07) is 18.4. The third kappa shape index (κ3) is 6.05. The van der Waals surface area contributed by atoms with Gasteiger partial charge in [-0.1, -0.05) is 0 Å². The average Bonchev–Trinajstić information content (AvgIpc) is 3.76. The van der Waals surface area contributed by atoms with E-state index >= 15 is 0 Å². The number of imidazole rings is 1. The minimum Gasteiger partial charge on any atom is -0.381 e. The molecule has 3 aliphatic heterocycles. The number of ether oxygens (including phenoxy) is 1. The molecule has 0 radical (unpaired) electrons. The molecule has 0 unspecified atom stereocenters. The van der Waals surface area contributed by atoms with E-state index in [1.165, 1.54) is 23.5 Å². The second-order valence-electron chi connectivity index (χ2n) is 14.0. The maximum Gasteiger partial charge on any atom is 0.259 e. The summed E-state index contributed by atoms with van der Waals surface area (Å²) in [7, 11) is 0. The van der Waals surface area contributed by atoms with E-state index < -0.39 is 5.82 Å². The molecule has 3 aliphatic rings. The molecule has 1 spiro atoms. The predicted molar refractivity (Wildman–Crippen MR) is 200 cm³/mol. The molecule has 53 heavy (non-hydrogen) atoms. The Bertz CT molecular complexity index is 2390. The molecule has 266 valence electrons. The van der Waals surface area contributed by atoms with Gasteiger partial charge in [-0.25, -0.2) is 19.3 Å². The van der Waals surface area contributed by atoms with Gasteiger partial charge in [0.1, 0.15) is 11.6 Å². The molecular formula is C40H34FN7O4S. The number of pyridine rings is 2. The second-order valence-corrected chi connectivity index (χ2v) is 15.1. The van der Waals surface area contributed by atoms with Crippen LogP contribution in [0.1, 0.15) is 60.2 Å². The van der Waals surface area contributed by atoms with Gasteiger partial charge in [0, 0.05) is 72.3 Å². The van der Waals surface area contributed by atoms with E-state index in [4.69, 9.17) is 4.74 Å². The van der Waals surface area contributed by atoms with E-state index in [2.05, 4.69) is 30.2 Å². The van der Waals surface area contributed by atoms with Gasteiger partial charge in [0.05, 0.1) is 21.6 Å². The standard InChI is InChI=1S/C40H34FN7O4S/c1-23-17-29(37(43-20-23)47-21-40(22-47)11-15-52-16-12-40)38(50)44-27-7-4-24(5-8-27)39(51)48-14-10-25-18-32(53-34(25)28-9-6-26(41)19-31(28)48)33(49)36-45-30-3-2-13-42-35(30)46-36/h2-9,13,17-20H,10-12,14-16,21-22H2,1H3,(H,44,50)(H,42,45,46). The number of amides is 2. The Labute approximate surface area is 307 Å².